The monoisotopic (exact) mass is 675 g/mol. The Bertz CT molecular complexity index is 2500. The molecule has 9 rings (SSSR count). The lowest BCUT2D eigenvalue weighted by molar-refractivity contribution is 1.28. The van der Waals surface area contributed by atoms with E-state index < -0.39 is 0 Å². The molecule has 9 aromatic carbocycles. The van der Waals surface area contributed by atoms with Gasteiger partial charge in [-0.05, 0) is 121 Å². The molecule has 0 N–H and O–H groups in total. The molecule has 0 fully saturated rings. The normalized spacial score (nSPS) is 11.0. The lowest BCUT2D eigenvalue weighted by Crippen LogP contribution is -2.09. The van der Waals surface area contributed by atoms with Crippen LogP contribution in [0.1, 0.15) is 0 Å². The predicted octanol–water partition coefficient (Wildman–Crippen LogP) is 14.6. The summed E-state index contributed by atoms with van der Waals surface area (Å²) in [5.41, 5.74) is 15.4. The fourth-order valence-corrected chi connectivity index (χ4v) is 7.24. The maximum absolute atomic E-state index is 2.35. The summed E-state index contributed by atoms with van der Waals surface area (Å²) in [6.45, 7) is 0. The number of rotatable bonds is 8. The molecule has 9 aromatic rings. The van der Waals surface area contributed by atoms with Crippen molar-refractivity contribution in [3.8, 4) is 55.6 Å². The van der Waals surface area contributed by atoms with Crippen LogP contribution >= 0.6 is 0 Å². The number of fused-ring (bicyclic) bond motifs is 1. The van der Waals surface area contributed by atoms with Gasteiger partial charge < -0.3 is 4.90 Å². The zero-order chi connectivity index (χ0) is 35.4. The molecule has 0 unspecified atom stereocenters. The molecule has 0 aliphatic rings. The molecule has 0 aliphatic carbocycles. The van der Waals surface area contributed by atoms with E-state index >= 15 is 0 Å². The molecule has 0 saturated heterocycles. The maximum Gasteiger partial charge on any atom is 0.0462 e. The fraction of sp³-hybridized carbons (Fsp3) is 0. The van der Waals surface area contributed by atoms with Gasteiger partial charge in [0.2, 0.25) is 0 Å². The van der Waals surface area contributed by atoms with Crippen LogP contribution in [0.4, 0.5) is 17.1 Å². The van der Waals surface area contributed by atoms with Gasteiger partial charge >= 0.3 is 0 Å². The SMILES string of the molecule is c1ccc(-c2cccc(-c3ccc(N(c4ccc(-c5cccc(-c6ccccc6)c5)cc4)c4ccc(-c5ccc6ccccc6c5)cc4)cc3)c2)cc1. The van der Waals surface area contributed by atoms with E-state index in [1.54, 1.807) is 0 Å². The topological polar surface area (TPSA) is 3.24 Å². The maximum atomic E-state index is 2.35. The summed E-state index contributed by atoms with van der Waals surface area (Å²) in [4.78, 5) is 2.35. The molecule has 0 saturated carbocycles. The van der Waals surface area contributed by atoms with E-state index in [1.807, 2.05) is 0 Å². The van der Waals surface area contributed by atoms with Crippen LogP contribution in [0.25, 0.3) is 66.4 Å². The van der Waals surface area contributed by atoms with Crippen LogP contribution in [-0.4, -0.2) is 0 Å². The van der Waals surface area contributed by atoms with E-state index in [4.69, 9.17) is 0 Å². The Morgan fingerprint density at radius 2 is 0.491 bits per heavy atom. The number of hydrogen-bond acceptors (Lipinski definition) is 1. The number of nitrogens with zero attached hydrogens (tertiary/aromatic N) is 1. The molecule has 0 bridgehead atoms. The Morgan fingerprint density at radius 3 is 0.906 bits per heavy atom. The van der Waals surface area contributed by atoms with E-state index in [2.05, 4.69) is 229 Å². The van der Waals surface area contributed by atoms with Crippen molar-refractivity contribution >= 4 is 27.8 Å². The van der Waals surface area contributed by atoms with Crippen molar-refractivity contribution in [2.75, 3.05) is 4.90 Å². The Kier molecular flexibility index (Phi) is 8.66. The molecule has 0 atom stereocenters. The summed E-state index contributed by atoms with van der Waals surface area (Å²) in [5.74, 6) is 0. The number of benzene rings is 9. The summed E-state index contributed by atoms with van der Waals surface area (Å²) >= 11 is 0. The first kappa shape index (κ1) is 32.0. The van der Waals surface area contributed by atoms with Crippen LogP contribution in [0.15, 0.2) is 224 Å². The third-order valence-electron chi connectivity index (χ3n) is 10.1. The van der Waals surface area contributed by atoms with Crippen LogP contribution in [0.3, 0.4) is 0 Å². The lowest BCUT2D eigenvalue weighted by atomic mass is 9.98. The molecular formula is C52H37N. The quantitative estimate of drug-likeness (QED) is 0.155. The summed E-state index contributed by atoms with van der Waals surface area (Å²) in [7, 11) is 0. The average Bonchev–Trinajstić information content (AvgIpc) is 3.25. The highest BCUT2D eigenvalue weighted by Gasteiger charge is 2.14. The van der Waals surface area contributed by atoms with Crippen molar-refractivity contribution in [1.29, 1.82) is 0 Å². The molecule has 0 heterocycles. The van der Waals surface area contributed by atoms with Crippen LogP contribution in [-0.2, 0) is 0 Å². The van der Waals surface area contributed by atoms with Crippen molar-refractivity contribution in [1.82, 2.24) is 0 Å². The molecule has 0 aliphatic heterocycles. The Hall–Kier alpha value is -6.96. The number of anilines is 3. The molecule has 0 aromatic heterocycles. The summed E-state index contributed by atoms with van der Waals surface area (Å²) < 4.78 is 0. The Morgan fingerprint density at radius 1 is 0.189 bits per heavy atom. The molecule has 1 heteroatoms. The van der Waals surface area contributed by atoms with Crippen LogP contribution in [0.2, 0.25) is 0 Å². The van der Waals surface area contributed by atoms with Gasteiger partial charge in [0.05, 0.1) is 0 Å². The van der Waals surface area contributed by atoms with Crippen molar-refractivity contribution < 1.29 is 0 Å². The second kappa shape index (κ2) is 14.3. The molecule has 53 heavy (non-hydrogen) atoms. The van der Waals surface area contributed by atoms with E-state index in [0.717, 1.165) is 17.1 Å². The fourth-order valence-electron chi connectivity index (χ4n) is 7.24. The molecule has 1 nitrogen and oxygen atoms in total. The Balaban J connectivity index is 1.07. The summed E-state index contributed by atoms with van der Waals surface area (Å²) in [6, 6.07) is 80.8. The first-order valence-corrected chi connectivity index (χ1v) is 18.2. The van der Waals surface area contributed by atoms with Gasteiger partial charge in [-0.2, -0.15) is 0 Å². The van der Waals surface area contributed by atoms with Gasteiger partial charge in [-0.1, -0.05) is 170 Å². The molecular weight excluding hydrogens is 639 g/mol. The third-order valence-corrected chi connectivity index (χ3v) is 10.1. The van der Waals surface area contributed by atoms with Gasteiger partial charge in [0.25, 0.3) is 0 Å². The molecule has 0 radical (unpaired) electrons. The van der Waals surface area contributed by atoms with Crippen LogP contribution in [0.5, 0.6) is 0 Å². The molecule has 250 valence electrons. The minimum Gasteiger partial charge on any atom is -0.311 e. The van der Waals surface area contributed by atoms with E-state index in [0.29, 0.717) is 0 Å². The smallest absolute Gasteiger partial charge is 0.0462 e. The minimum atomic E-state index is 1.10. The van der Waals surface area contributed by atoms with E-state index in [-0.39, 0.29) is 0 Å². The third kappa shape index (κ3) is 6.77. The highest BCUT2D eigenvalue weighted by atomic mass is 15.1. The first-order valence-electron chi connectivity index (χ1n) is 18.2. The predicted molar refractivity (Wildman–Crippen MR) is 226 cm³/mol. The second-order valence-corrected chi connectivity index (χ2v) is 13.4. The highest BCUT2D eigenvalue weighted by molar-refractivity contribution is 5.88. The van der Waals surface area contributed by atoms with Gasteiger partial charge in [0.1, 0.15) is 0 Å². The van der Waals surface area contributed by atoms with Crippen molar-refractivity contribution in [3.63, 3.8) is 0 Å². The van der Waals surface area contributed by atoms with Gasteiger partial charge in [0, 0.05) is 17.1 Å². The average molecular weight is 676 g/mol. The van der Waals surface area contributed by atoms with Crippen LogP contribution in [0, 0.1) is 0 Å². The van der Waals surface area contributed by atoms with Gasteiger partial charge in [0.15, 0.2) is 0 Å². The zero-order valence-electron chi connectivity index (χ0n) is 29.3. The van der Waals surface area contributed by atoms with Crippen molar-refractivity contribution in [2.24, 2.45) is 0 Å². The van der Waals surface area contributed by atoms with Gasteiger partial charge in [-0.25, -0.2) is 0 Å². The van der Waals surface area contributed by atoms with Gasteiger partial charge in [-0.3, -0.25) is 0 Å². The highest BCUT2D eigenvalue weighted by Crippen LogP contribution is 2.38. The van der Waals surface area contributed by atoms with Gasteiger partial charge in [-0.15, -0.1) is 0 Å². The van der Waals surface area contributed by atoms with E-state index in [9.17, 15) is 0 Å². The van der Waals surface area contributed by atoms with Crippen molar-refractivity contribution in [3.05, 3.63) is 224 Å². The second-order valence-electron chi connectivity index (χ2n) is 13.4. The summed E-state index contributed by atoms with van der Waals surface area (Å²) in [6.07, 6.45) is 0. The molecule has 0 spiro atoms. The minimum absolute atomic E-state index is 1.10. The standard InChI is InChI=1S/C52H37N/c1-3-11-38(12-4-1)45-17-9-19-47(35-45)41-23-29-50(30-24-41)53(52-33-27-43(28-34-52)49-22-21-40-15-7-8-16-44(40)37-49)51-31-25-42(26-32-51)48-20-10-18-46(36-48)39-13-5-2-6-14-39/h1-37H. The lowest BCUT2D eigenvalue weighted by Gasteiger charge is -2.26. The first-order chi connectivity index (χ1) is 26.2. The zero-order valence-corrected chi connectivity index (χ0v) is 29.3. The number of hydrogen-bond donors (Lipinski definition) is 0. The largest absolute Gasteiger partial charge is 0.311 e. The van der Waals surface area contributed by atoms with E-state index in [1.165, 1.54) is 66.4 Å². The molecule has 0 amide bonds. The Labute approximate surface area is 311 Å². The van der Waals surface area contributed by atoms with Crippen molar-refractivity contribution in [2.45, 2.75) is 0 Å². The van der Waals surface area contributed by atoms with Crippen LogP contribution < -0.4 is 4.90 Å². The summed E-state index contributed by atoms with van der Waals surface area (Å²) in [5, 5.41) is 2.50.